The molecular formula is C11H6BrCl2NOS. The molecule has 6 heteroatoms. The Morgan fingerprint density at radius 2 is 1.94 bits per heavy atom. The van der Waals surface area contributed by atoms with E-state index < -0.39 is 0 Å². The van der Waals surface area contributed by atoms with Crippen molar-refractivity contribution in [1.82, 2.24) is 4.98 Å². The fourth-order valence-corrected chi connectivity index (χ4v) is 3.14. The number of aromatic nitrogens is 1. The molecule has 0 fully saturated rings. The van der Waals surface area contributed by atoms with Crippen molar-refractivity contribution < 1.29 is 4.79 Å². The van der Waals surface area contributed by atoms with Crippen LogP contribution in [0.25, 0.3) is 0 Å². The number of carbonyl (C=O) groups excluding carboxylic acids is 1. The predicted molar refractivity (Wildman–Crippen MR) is 74.3 cm³/mol. The highest BCUT2D eigenvalue weighted by Gasteiger charge is 2.14. The Morgan fingerprint density at radius 3 is 2.47 bits per heavy atom. The molecule has 0 bridgehead atoms. The third-order valence-corrected chi connectivity index (χ3v) is 4.45. The summed E-state index contributed by atoms with van der Waals surface area (Å²) < 4.78 is 0.924. The number of ketones is 1. The number of thiophene rings is 1. The van der Waals surface area contributed by atoms with Gasteiger partial charge in [-0.15, -0.1) is 11.3 Å². The molecule has 2 rings (SSSR count). The van der Waals surface area contributed by atoms with Gasteiger partial charge in [-0.1, -0.05) is 23.2 Å². The van der Waals surface area contributed by atoms with E-state index in [9.17, 15) is 4.79 Å². The minimum Gasteiger partial charge on any atom is -0.293 e. The van der Waals surface area contributed by atoms with Crippen LogP contribution >= 0.6 is 50.5 Å². The van der Waals surface area contributed by atoms with Gasteiger partial charge in [0.05, 0.1) is 18.7 Å². The summed E-state index contributed by atoms with van der Waals surface area (Å²) in [6.45, 7) is 0. The van der Waals surface area contributed by atoms with Gasteiger partial charge >= 0.3 is 0 Å². The molecule has 2 nitrogen and oxygen atoms in total. The van der Waals surface area contributed by atoms with Crippen LogP contribution in [0.5, 0.6) is 0 Å². The molecule has 0 saturated heterocycles. The van der Waals surface area contributed by atoms with E-state index in [1.807, 2.05) is 6.07 Å². The quantitative estimate of drug-likeness (QED) is 0.755. The highest BCUT2D eigenvalue weighted by atomic mass is 79.9. The molecule has 0 atom stereocenters. The lowest BCUT2D eigenvalue weighted by Crippen LogP contribution is -2.02. The van der Waals surface area contributed by atoms with Gasteiger partial charge in [0, 0.05) is 24.4 Å². The smallest absolute Gasteiger partial charge is 0.177 e. The Labute approximate surface area is 121 Å². The van der Waals surface area contributed by atoms with Gasteiger partial charge in [-0.25, -0.2) is 0 Å². The minimum absolute atomic E-state index is 0.00398. The van der Waals surface area contributed by atoms with Crippen LogP contribution in [0.15, 0.2) is 28.3 Å². The maximum atomic E-state index is 12.0. The van der Waals surface area contributed by atoms with Crippen LogP contribution in [0.3, 0.4) is 0 Å². The monoisotopic (exact) mass is 349 g/mol. The van der Waals surface area contributed by atoms with E-state index in [1.165, 1.54) is 23.7 Å². The topological polar surface area (TPSA) is 30.0 Å². The average Bonchev–Trinajstić information content (AvgIpc) is 2.70. The molecule has 17 heavy (non-hydrogen) atoms. The van der Waals surface area contributed by atoms with E-state index in [2.05, 4.69) is 20.9 Å². The molecule has 0 amide bonds. The molecule has 0 aromatic carbocycles. The first-order valence-corrected chi connectivity index (χ1v) is 7.01. The third kappa shape index (κ3) is 3.07. The molecule has 88 valence electrons. The van der Waals surface area contributed by atoms with Gasteiger partial charge in [0.2, 0.25) is 0 Å². The molecule has 0 saturated carbocycles. The van der Waals surface area contributed by atoms with E-state index in [0.717, 1.165) is 3.79 Å². The van der Waals surface area contributed by atoms with Crippen LogP contribution in [0.1, 0.15) is 15.2 Å². The number of pyridine rings is 1. The van der Waals surface area contributed by atoms with Crippen molar-refractivity contribution in [2.45, 2.75) is 6.42 Å². The summed E-state index contributed by atoms with van der Waals surface area (Å²) in [5, 5.41) is 0.836. The molecule has 2 aromatic rings. The normalized spacial score (nSPS) is 10.5. The molecule has 2 heterocycles. The summed E-state index contributed by atoms with van der Waals surface area (Å²) >= 11 is 16.6. The number of Topliss-reactive ketones (excluding diaryl/α,β-unsaturated/α-hetero) is 1. The van der Waals surface area contributed by atoms with Crippen LogP contribution in [0.2, 0.25) is 10.0 Å². The molecule has 0 aliphatic carbocycles. The van der Waals surface area contributed by atoms with Crippen molar-refractivity contribution in [2.24, 2.45) is 0 Å². The van der Waals surface area contributed by atoms with E-state index in [0.29, 0.717) is 20.5 Å². The van der Waals surface area contributed by atoms with Crippen LogP contribution < -0.4 is 0 Å². The highest BCUT2D eigenvalue weighted by Crippen LogP contribution is 2.27. The number of hydrogen-bond acceptors (Lipinski definition) is 3. The molecule has 0 spiro atoms. The van der Waals surface area contributed by atoms with Crippen molar-refractivity contribution in [2.75, 3.05) is 0 Å². The van der Waals surface area contributed by atoms with Crippen molar-refractivity contribution in [3.05, 3.63) is 48.8 Å². The summed E-state index contributed by atoms with van der Waals surface area (Å²) in [6.07, 6.45) is 3.16. The second-order valence-corrected chi connectivity index (χ2v) is 6.56. The number of hydrogen-bond donors (Lipinski definition) is 0. The van der Waals surface area contributed by atoms with Gasteiger partial charge in [-0.05, 0) is 28.1 Å². The van der Waals surface area contributed by atoms with E-state index in [-0.39, 0.29) is 12.2 Å². The lowest BCUT2D eigenvalue weighted by molar-refractivity contribution is 0.0997. The fourth-order valence-electron chi connectivity index (χ4n) is 1.32. The fraction of sp³-hybridized carbons (Fsp3) is 0.0909. The summed E-state index contributed by atoms with van der Waals surface area (Å²) in [4.78, 5) is 16.5. The van der Waals surface area contributed by atoms with Crippen molar-refractivity contribution in [1.29, 1.82) is 0 Å². The van der Waals surface area contributed by atoms with Gasteiger partial charge in [0.15, 0.2) is 5.78 Å². The predicted octanol–water partition coefficient (Wildman–Crippen LogP) is 4.64. The van der Waals surface area contributed by atoms with Crippen LogP contribution in [-0.2, 0) is 6.42 Å². The first-order chi connectivity index (χ1) is 8.08. The maximum absolute atomic E-state index is 12.0. The lowest BCUT2D eigenvalue weighted by atomic mass is 10.1. The summed E-state index contributed by atoms with van der Waals surface area (Å²) in [7, 11) is 0. The summed E-state index contributed by atoms with van der Waals surface area (Å²) in [6, 6.07) is 3.62. The Kier molecular flexibility index (Phi) is 4.20. The SMILES string of the molecule is O=C(Cc1c(Cl)cncc1Cl)c1ccc(Br)s1. The van der Waals surface area contributed by atoms with Gasteiger partial charge < -0.3 is 0 Å². The zero-order valence-electron chi connectivity index (χ0n) is 8.41. The van der Waals surface area contributed by atoms with Crippen LogP contribution in [0, 0.1) is 0 Å². The Morgan fingerprint density at radius 1 is 1.29 bits per heavy atom. The van der Waals surface area contributed by atoms with Crippen molar-refractivity contribution in [3.63, 3.8) is 0 Å². The van der Waals surface area contributed by atoms with Gasteiger partial charge in [-0.3, -0.25) is 9.78 Å². The molecule has 0 N–H and O–H groups in total. The van der Waals surface area contributed by atoms with Gasteiger partial charge in [0.25, 0.3) is 0 Å². The number of carbonyl (C=O) groups is 1. The second-order valence-electron chi connectivity index (χ2n) is 3.29. The first kappa shape index (κ1) is 13.0. The van der Waals surface area contributed by atoms with E-state index in [1.54, 1.807) is 6.07 Å². The Hall–Kier alpha value is -0.420. The third-order valence-electron chi connectivity index (χ3n) is 2.14. The molecule has 0 radical (unpaired) electrons. The maximum Gasteiger partial charge on any atom is 0.177 e. The average molecular weight is 351 g/mol. The van der Waals surface area contributed by atoms with E-state index >= 15 is 0 Å². The van der Waals surface area contributed by atoms with Crippen LogP contribution in [0.4, 0.5) is 0 Å². The van der Waals surface area contributed by atoms with Gasteiger partial charge in [0.1, 0.15) is 0 Å². The molecule has 2 aromatic heterocycles. The Balaban J connectivity index is 2.24. The van der Waals surface area contributed by atoms with E-state index in [4.69, 9.17) is 23.2 Å². The molecular weight excluding hydrogens is 345 g/mol. The first-order valence-electron chi connectivity index (χ1n) is 4.64. The van der Waals surface area contributed by atoms with Crippen molar-refractivity contribution in [3.8, 4) is 0 Å². The number of nitrogens with zero attached hydrogens (tertiary/aromatic N) is 1. The minimum atomic E-state index is -0.00398. The molecule has 0 unspecified atom stereocenters. The largest absolute Gasteiger partial charge is 0.293 e. The lowest BCUT2D eigenvalue weighted by Gasteiger charge is -2.04. The standard InChI is InChI=1S/C11H6BrCl2NOS/c12-11-2-1-10(17-11)9(16)3-6-7(13)4-15-5-8(6)14/h1-2,4-5H,3H2. The molecule has 0 aliphatic heterocycles. The Bertz CT molecular complexity index is 550. The zero-order chi connectivity index (χ0) is 12.4. The number of halogens is 3. The van der Waals surface area contributed by atoms with Gasteiger partial charge in [-0.2, -0.15) is 0 Å². The highest BCUT2D eigenvalue weighted by molar-refractivity contribution is 9.11. The summed E-state index contributed by atoms with van der Waals surface area (Å²) in [5.74, 6) is -0.00398. The number of rotatable bonds is 3. The molecule has 0 aliphatic rings. The zero-order valence-corrected chi connectivity index (χ0v) is 12.3. The summed E-state index contributed by atoms with van der Waals surface area (Å²) in [5.41, 5.74) is 0.623. The second kappa shape index (κ2) is 5.48. The van der Waals surface area contributed by atoms with Crippen LogP contribution in [-0.4, -0.2) is 10.8 Å². The van der Waals surface area contributed by atoms with Crippen molar-refractivity contribution >= 4 is 56.3 Å².